The highest BCUT2D eigenvalue weighted by Crippen LogP contribution is 2.21. The Morgan fingerprint density at radius 2 is 2.04 bits per heavy atom. The summed E-state index contributed by atoms with van der Waals surface area (Å²) in [6.07, 6.45) is 0.197. The number of nitrogens with zero attached hydrogens (tertiary/aromatic N) is 2. The fraction of sp³-hybridized carbons (Fsp3) is 0.316. The maximum absolute atomic E-state index is 10.4. The summed E-state index contributed by atoms with van der Waals surface area (Å²) >= 11 is 6.01. The number of aromatic nitrogens is 2. The summed E-state index contributed by atoms with van der Waals surface area (Å²) in [6.45, 7) is 4.67. The number of imidazole rings is 1. The number of aliphatic hydroxyl groups excluding tert-OH is 1. The van der Waals surface area contributed by atoms with E-state index in [-0.39, 0.29) is 6.61 Å². The fourth-order valence-corrected chi connectivity index (χ4v) is 2.88. The van der Waals surface area contributed by atoms with Crippen molar-refractivity contribution in [2.24, 2.45) is 0 Å². The summed E-state index contributed by atoms with van der Waals surface area (Å²) in [4.78, 5) is 4.62. The van der Waals surface area contributed by atoms with Crippen LogP contribution in [0.1, 0.15) is 18.3 Å². The fourth-order valence-electron chi connectivity index (χ4n) is 2.76. The van der Waals surface area contributed by atoms with Gasteiger partial charge in [-0.2, -0.15) is 0 Å². The van der Waals surface area contributed by atoms with Crippen molar-refractivity contribution in [2.75, 3.05) is 6.61 Å². The van der Waals surface area contributed by atoms with E-state index < -0.39 is 6.10 Å². The average Bonchev–Trinajstić information content (AvgIpc) is 2.94. The Kier molecular flexibility index (Phi) is 5.07. The van der Waals surface area contributed by atoms with Gasteiger partial charge in [0.05, 0.1) is 17.6 Å². The van der Waals surface area contributed by atoms with Crippen LogP contribution in [0.15, 0.2) is 42.5 Å². The first-order valence-electron chi connectivity index (χ1n) is 8.09. The molecule has 3 aromatic rings. The Balaban J connectivity index is 1.70. The molecule has 1 atom stereocenters. The van der Waals surface area contributed by atoms with Gasteiger partial charge in [-0.3, -0.25) is 0 Å². The number of hydrogen-bond acceptors (Lipinski definition) is 3. The van der Waals surface area contributed by atoms with Crippen LogP contribution in [0.3, 0.4) is 0 Å². The van der Waals surface area contributed by atoms with Crippen LogP contribution < -0.4 is 4.74 Å². The number of benzene rings is 2. The number of halogens is 1. The minimum absolute atomic E-state index is 0.219. The van der Waals surface area contributed by atoms with Gasteiger partial charge in [0, 0.05) is 11.4 Å². The molecule has 1 aromatic heterocycles. The molecule has 4 nitrogen and oxygen atoms in total. The number of ether oxygens (including phenoxy) is 1. The minimum Gasteiger partial charge on any atom is -0.491 e. The second kappa shape index (κ2) is 7.24. The van der Waals surface area contributed by atoms with Gasteiger partial charge in [0.2, 0.25) is 0 Å². The van der Waals surface area contributed by atoms with E-state index in [0.29, 0.717) is 17.3 Å². The predicted molar refractivity (Wildman–Crippen MR) is 96.8 cm³/mol. The second-order valence-corrected chi connectivity index (χ2v) is 6.26. The zero-order chi connectivity index (χ0) is 17.1. The molecule has 5 heteroatoms. The minimum atomic E-state index is -0.621. The first-order chi connectivity index (χ1) is 11.6. The summed E-state index contributed by atoms with van der Waals surface area (Å²) < 4.78 is 7.76. The molecule has 1 N–H and O–H groups in total. The van der Waals surface area contributed by atoms with Crippen molar-refractivity contribution >= 4 is 22.6 Å². The first kappa shape index (κ1) is 16.8. The molecule has 0 amide bonds. The molecule has 0 aliphatic rings. The van der Waals surface area contributed by atoms with Crippen LogP contribution >= 0.6 is 11.6 Å². The van der Waals surface area contributed by atoms with Crippen molar-refractivity contribution < 1.29 is 9.84 Å². The van der Waals surface area contributed by atoms with Crippen molar-refractivity contribution in [1.82, 2.24) is 9.55 Å². The molecular weight excluding hydrogens is 324 g/mol. The molecule has 0 spiro atoms. The van der Waals surface area contributed by atoms with Crippen molar-refractivity contribution in [3.8, 4) is 5.75 Å². The second-order valence-electron chi connectivity index (χ2n) is 5.86. The molecule has 126 valence electrons. The third-order valence-corrected chi connectivity index (χ3v) is 4.44. The van der Waals surface area contributed by atoms with Gasteiger partial charge in [-0.1, -0.05) is 30.7 Å². The van der Waals surface area contributed by atoms with Gasteiger partial charge in [0.25, 0.3) is 0 Å². The number of aryl methyl sites for hydroxylation is 2. The van der Waals surface area contributed by atoms with E-state index in [1.165, 1.54) is 0 Å². The molecule has 0 fully saturated rings. The highest BCUT2D eigenvalue weighted by Gasteiger charge is 2.13. The molecule has 0 radical (unpaired) electrons. The molecule has 0 saturated heterocycles. The Morgan fingerprint density at radius 3 is 2.79 bits per heavy atom. The van der Waals surface area contributed by atoms with Gasteiger partial charge >= 0.3 is 0 Å². The largest absolute Gasteiger partial charge is 0.491 e. The lowest BCUT2D eigenvalue weighted by molar-refractivity contribution is 0.0927. The number of aliphatic hydroxyl groups is 1. The lowest BCUT2D eigenvalue weighted by Crippen LogP contribution is -2.24. The summed E-state index contributed by atoms with van der Waals surface area (Å²) in [5, 5.41) is 11.1. The van der Waals surface area contributed by atoms with Crippen LogP contribution in [-0.2, 0) is 13.0 Å². The summed E-state index contributed by atoms with van der Waals surface area (Å²) in [5.41, 5.74) is 2.95. The SMILES string of the molecule is CCc1nc2ccccc2n1C[C@@H](O)COc1ccc(Cl)c(C)c1. The van der Waals surface area contributed by atoms with Gasteiger partial charge in [-0.15, -0.1) is 0 Å². The topological polar surface area (TPSA) is 47.3 Å². The summed E-state index contributed by atoms with van der Waals surface area (Å²) in [6, 6.07) is 13.5. The van der Waals surface area contributed by atoms with Crippen molar-refractivity contribution in [3.63, 3.8) is 0 Å². The molecule has 0 bridgehead atoms. The molecule has 0 aliphatic carbocycles. The Bertz CT molecular complexity index is 844. The Hall–Kier alpha value is -2.04. The number of rotatable bonds is 6. The van der Waals surface area contributed by atoms with E-state index in [9.17, 15) is 5.11 Å². The molecule has 2 aromatic carbocycles. The van der Waals surface area contributed by atoms with E-state index in [1.807, 2.05) is 43.3 Å². The lowest BCUT2D eigenvalue weighted by atomic mass is 10.2. The number of para-hydroxylation sites is 2. The van der Waals surface area contributed by atoms with E-state index in [4.69, 9.17) is 16.3 Å². The van der Waals surface area contributed by atoms with E-state index in [0.717, 1.165) is 28.8 Å². The van der Waals surface area contributed by atoms with Crippen LogP contribution in [0.4, 0.5) is 0 Å². The molecule has 0 unspecified atom stereocenters. The van der Waals surface area contributed by atoms with Crippen molar-refractivity contribution in [1.29, 1.82) is 0 Å². The third kappa shape index (κ3) is 3.55. The van der Waals surface area contributed by atoms with Crippen LogP contribution in [0.5, 0.6) is 5.75 Å². The standard InChI is InChI=1S/C19H21ClN2O2/c1-3-19-21-17-6-4-5-7-18(17)22(19)11-14(23)12-24-15-8-9-16(20)13(2)10-15/h4-10,14,23H,3,11-12H2,1-2H3/t14-/m1/s1. The van der Waals surface area contributed by atoms with Gasteiger partial charge in [-0.25, -0.2) is 4.98 Å². The maximum atomic E-state index is 10.4. The van der Waals surface area contributed by atoms with Gasteiger partial charge in [-0.05, 0) is 42.8 Å². The molecule has 1 heterocycles. The van der Waals surface area contributed by atoms with Crippen LogP contribution in [-0.4, -0.2) is 27.4 Å². The quantitative estimate of drug-likeness (QED) is 0.735. The smallest absolute Gasteiger partial charge is 0.119 e. The number of hydrogen-bond donors (Lipinski definition) is 1. The maximum Gasteiger partial charge on any atom is 0.119 e. The van der Waals surface area contributed by atoms with Gasteiger partial charge in [0.15, 0.2) is 0 Å². The summed E-state index contributed by atoms with van der Waals surface area (Å²) in [5.74, 6) is 1.68. The molecule has 3 rings (SSSR count). The van der Waals surface area contributed by atoms with Crippen LogP contribution in [0.25, 0.3) is 11.0 Å². The Labute approximate surface area is 146 Å². The van der Waals surface area contributed by atoms with Gasteiger partial charge < -0.3 is 14.4 Å². The van der Waals surface area contributed by atoms with E-state index in [2.05, 4.69) is 16.5 Å². The van der Waals surface area contributed by atoms with Crippen LogP contribution in [0.2, 0.25) is 5.02 Å². The monoisotopic (exact) mass is 344 g/mol. The zero-order valence-electron chi connectivity index (χ0n) is 13.9. The molecule has 0 saturated carbocycles. The highest BCUT2D eigenvalue weighted by molar-refractivity contribution is 6.31. The first-order valence-corrected chi connectivity index (χ1v) is 8.47. The Morgan fingerprint density at radius 1 is 1.25 bits per heavy atom. The van der Waals surface area contributed by atoms with Crippen molar-refractivity contribution in [3.05, 3.63) is 58.9 Å². The molecular formula is C19H21ClN2O2. The third-order valence-electron chi connectivity index (χ3n) is 4.01. The van der Waals surface area contributed by atoms with Crippen molar-refractivity contribution in [2.45, 2.75) is 32.9 Å². The van der Waals surface area contributed by atoms with E-state index in [1.54, 1.807) is 6.07 Å². The average molecular weight is 345 g/mol. The van der Waals surface area contributed by atoms with Gasteiger partial charge in [0.1, 0.15) is 24.3 Å². The highest BCUT2D eigenvalue weighted by atomic mass is 35.5. The lowest BCUT2D eigenvalue weighted by Gasteiger charge is -2.15. The van der Waals surface area contributed by atoms with Crippen LogP contribution in [0, 0.1) is 6.92 Å². The summed E-state index contributed by atoms with van der Waals surface area (Å²) in [7, 11) is 0. The molecule has 0 aliphatic heterocycles. The normalized spacial score (nSPS) is 12.5. The van der Waals surface area contributed by atoms with E-state index >= 15 is 0 Å². The zero-order valence-corrected chi connectivity index (χ0v) is 14.6. The predicted octanol–water partition coefficient (Wildman–Crippen LogP) is 4.00. The number of fused-ring (bicyclic) bond motifs is 1. The molecule has 24 heavy (non-hydrogen) atoms.